The van der Waals surface area contributed by atoms with Gasteiger partial charge in [0.25, 0.3) is 0 Å². The van der Waals surface area contributed by atoms with E-state index in [0.717, 1.165) is 12.1 Å². The molecule has 2 rings (SSSR count). The van der Waals surface area contributed by atoms with Gasteiger partial charge in [-0.15, -0.1) is 0 Å². The van der Waals surface area contributed by atoms with Crippen molar-refractivity contribution in [2.75, 3.05) is 0 Å². The zero-order valence-corrected chi connectivity index (χ0v) is 9.33. The van der Waals surface area contributed by atoms with Gasteiger partial charge in [-0.1, -0.05) is 23.7 Å². The molecule has 0 saturated heterocycles. The molecule has 5 heteroatoms. The molecule has 0 bridgehead atoms. The van der Waals surface area contributed by atoms with Gasteiger partial charge in [-0.25, -0.2) is 8.78 Å². The van der Waals surface area contributed by atoms with Crippen molar-refractivity contribution in [1.29, 1.82) is 0 Å². The van der Waals surface area contributed by atoms with Crippen LogP contribution in [0.2, 0.25) is 5.02 Å². The van der Waals surface area contributed by atoms with E-state index in [2.05, 4.69) is 0 Å². The third kappa shape index (κ3) is 4.28. The lowest BCUT2D eigenvalue weighted by molar-refractivity contribution is 0.428. The number of benzene rings is 2. The zero-order valence-electron chi connectivity index (χ0n) is 8.57. The second kappa shape index (κ2) is 6.06. The van der Waals surface area contributed by atoms with Gasteiger partial charge in [0.05, 0.1) is 5.02 Å². The molecule has 0 spiro atoms. The first kappa shape index (κ1) is 13.3. The van der Waals surface area contributed by atoms with Gasteiger partial charge >= 0.3 is 0 Å². The van der Waals surface area contributed by atoms with Crippen LogP contribution in [-0.2, 0) is 0 Å². The predicted molar refractivity (Wildman–Crippen MR) is 61.1 cm³/mol. The van der Waals surface area contributed by atoms with Gasteiger partial charge in [0.1, 0.15) is 11.6 Å². The Labute approximate surface area is 102 Å². The molecular formula is C12H9ClF2O2. The maximum Gasteiger partial charge on any atom is 0.167 e. The maximum absolute atomic E-state index is 12.1. The van der Waals surface area contributed by atoms with Crippen LogP contribution in [0.5, 0.6) is 11.5 Å². The second-order valence-electron chi connectivity index (χ2n) is 3.05. The molecule has 0 unspecified atom stereocenters. The van der Waals surface area contributed by atoms with Crippen LogP contribution in [-0.4, -0.2) is 10.2 Å². The summed E-state index contributed by atoms with van der Waals surface area (Å²) in [4.78, 5) is 0. The van der Waals surface area contributed by atoms with Crippen molar-refractivity contribution in [1.82, 2.24) is 0 Å². The summed E-state index contributed by atoms with van der Waals surface area (Å²) < 4.78 is 24.1. The number of para-hydroxylation sites is 1. The molecular weight excluding hydrogens is 250 g/mol. The summed E-state index contributed by atoms with van der Waals surface area (Å²) in [6, 6.07) is 9.24. The molecule has 2 aromatic rings. The van der Waals surface area contributed by atoms with E-state index in [4.69, 9.17) is 21.8 Å². The Morgan fingerprint density at radius 2 is 1.53 bits per heavy atom. The minimum Gasteiger partial charge on any atom is -0.506 e. The molecule has 2 aromatic carbocycles. The fourth-order valence-corrected chi connectivity index (χ4v) is 1.07. The highest BCUT2D eigenvalue weighted by Crippen LogP contribution is 2.20. The average molecular weight is 259 g/mol. The first-order chi connectivity index (χ1) is 8.00. The lowest BCUT2D eigenvalue weighted by atomic mass is 10.3. The molecule has 0 aliphatic carbocycles. The van der Waals surface area contributed by atoms with Crippen molar-refractivity contribution in [3.8, 4) is 11.5 Å². The van der Waals surface area contributed by atoms with E-state index >= 15 is 0 Å². The number of hydrogen-bond donors (Lipinski definition) is 2. The van der Waals surface area contributed by atoms with Crippen LogP contribution in [0, 0.1) is 11.6 Å². The SMILES string of the molecule is Oc1ccc(F)cc1F.Oc1ccccc1Cl. The fourth-order valence-electron chi connectivity index (χ4n) is 0.933. The van der Waals surface area contributed by atoms with E-state index in [1.807, 2.05) is 0 Å². The standard InChI is InChI=1S/C6H5ClO.C6H4F2O/c7-5-3-1-2-4-6(5)8;7-4-1-2-6(9)5(8)3-4/h1-4,8H;1-3,9H. The van der Waals surface area contributed by atoms with Gasteiger partial charge < -0.3 is 10.2 Å². The summed E-state index contributed by atoms with van der Waals surface area (Å²) in [5.74, 6) is -2.02. The smallest absolute Gasteiger partial charge is 0.167 e. The molecule has 17 heavy (non-hydrogen) atoms. The number of halogens is 3. The highest BCUT2D eigenvalue weighted by Gasteiger charge is 1.98. The third-order valence-corrected chi connectivity index (χ3v) is 2.08. The zero-order chi connectivity index (χ0) is 12.8. The highest BCUT2D eigenvalue weighted by atomic mass is 35.5. The van der Waals surface area contributed by atoms with E-state index in [9.17, 15) is 8.78 Å². The summed E-state index contributed by atoms with van der Waals surface area (Å²) in [5, 5.41) is 17.7. The van der Waals surface area contributed by atoms with Crippen molar-refractivity contribution in [2.45, 2.75) is 0 Å². The third-order valence-electron chi connectivity index (χ3n) is 1.76. The van der Waals surface area contributed by atoms with Gasteiger partial charge in [0.2, 0.25) is 0 Å². The lowest BCUT2D eigenvalue weighted by Gasteiger charge is -1.91. The average Bonchev–Trinajstić information content (AvgIpc) is 2.29. The van der Waals surface area contributed by atoms with Crippen molar-refractivity contribution in [3.05, 3.63) is 59.1 Å². The largest absolute Gasteiger partial charge is 0.506 e. The molecule has 0 amide bonds. The second-order valence-corrected chi connectivity index (χ2v) is 3.45. The fraction of sp³-hybridized carbons (Fsp3) is 0. The van der Waals surface area contributed by atoms with E-state index in [0.29, 0.717) is 11.1 Å². The predicted octanol–water partition coefficient (Wildman–Crippen LogP) is 3.72. The molecule has 0 heterocycles. The Hall–Kier alpha value is -1.81. The molecule has 0 radical (unpaired) electrons. The van der Waals surface area contributed by atoms with E-state index < -0.39 is 17.4 Å². The Morgan fingerprint density at radius 1 is 0.882 bits per heavy atom. The number of phenolic OH excluding ortho intramolecular Hbond substituents is 2. The molecule has 0 saturated carbocycles. The molecule has 0 aliphatic rings. The first-order valence-corrected chi connectivity index (χ1v) is 4.96. The molecule has 0 aliphatic heterocycles. The maximum atomic E-state index is 12.1. The lowest BCUT2D eigenvalue weighted by Crippen LogP contribution is -1.77. The van der Waals surface area contributed by atoms with Crippen LogP contribution in [0.15, 0.2) is 42.5 Å². The minimum atomic E-state index is -0.935. The van der Waals surface area contributed by atoms with Crippen molar-refractivity contribution in [3.63, 3.8) is 0 Å². The molecule has 2 N–H and O–H groups in total. The molecule has 0 fully saturated rings. The number of hydrogen-bond acceptors (Lipinski definition) is 2. The molecule has 2 nitrogen and oxygen atoms in total. The van der Waals surface area contributed by atoms with Gasteiger partial charge in [-0.3, -0.25) is 0 Å². The van der Waals surface area contributed by atoms with Crippen molar-refractivity contribution < 1.29 is 19.0 Å². The highest BCUT2D eigenvalue weighted by molar-refractivity contribution is 6.31. The molecule has 0 aromatic heterocycles. The van der Waals surface area contributed by atoms with Gasteiger partial charge in [-0.05, 0) is 24.3 Å². The monoisotopic (exact) mass is 258 g/mol. The summed E-state index contributed by atoms with van der Waals surface area (Å²) in [5.41, 5.74) is 0. The number of phenols is 2. The van der Waals surface area contributed by atoms with Crippen LogP contribution in [0.25, 0.3) is 0 Å². The normalized spacial score (nSPS) is 9.35. The van der Waals surface area contributed by atoms with E-state index in [1.165, 1.54) is 0 Å². The quantitative estimate of drug-likeness (QED) is 0.756. The summed E-state index contributed by atoms with van der Waals surface area (Å²) in [6.07, 6.45) is 0. The molecule has 90 valence electrons. The van der Waals surface area contributed by atoms with Crippen molar-refractivity contribution >= 4 is 11.6 Å². The van der Waals surface area contributed by atoms with Gasteiger partial charge in [0.15, 0.2) is 11.6 Å². The van der Waals surface area contributed by atoms with Crippen molar-refractivity contribution in [2.24, 2.45) is 0 Å². The Morgan fingerprint density at radius 3 is 1.94 bits per heavy atom. The van der Waals surface area contributed by atoms with Crippen LogP contribution in [0.3, 0.4) is 0 Å². The summed E-state index contributed by atoms with van der Waals surface area (Å²) >= 11 is 5.46. The van der Waals surface area contributed by atoms with Gasteiger partial charge in [-0.2, -0.15) is 0 Å². The molecule has 0 atom stereocenters. The Kier molecular flexibility index (Phi) is 4.72. The minimum absolute atomic E-state index is 0.133. The van der Waals surface area contributed by atoms with Crippen LogP contribution >= 0.6 is 11.6 Å². The number of rotatable bonds is 0. The van der Waals surface area contributed by atoms with Crippen LogP contribution in [0.4, 0.5) is 8.78 Å². The topological polar surface area (TPSA) is 40.5 Å². The summed E-state index contributed by atoms with van der Waals surface area (Å²) in [6.45, 7) is 0. The Balaban J connectivity index is 0.000000171. The summed E-state index contributed by atoms with van der Waals surface area (Å²) in [7, 11) is 0. The van der Waals surface area contributed by atoms with Crippen LogP contribution in [0.1, 0.15) is 0 Å². The van der Waals surface area contributed by atoms with E-state index in [1.54, 1.807) is 24.3 Å². The first-order valence-electron chi connectivity index (χ1n) is 4.58. The Bertz CT molecular complexity index is 483. The van der Waals surface area contributed by atoms with Crippen LogP contribution < -0.4 is 0 Å². The van der Waals surface area contributed by atoms with Gasteiger partial charge in [0, 0.05) is 6.07 Å². The van der Waals surface area contributed by atoms with E-state index in [-0.39, 0.29) is 5.75 Å². The number of aromatic hydroxyl groups is 2.